The standard InChI is InChI=1S/C11H14O2/c1-4-6-7-8-10(3)11(12)13-9-5-2/h4-7H,1-3,8-9H2. The van der Waals surface area contributed by atoms with Crippen molar-refractivity contribution in [1.82, 2.24) is 0 Å². The van der Waals surface area contributed by atoms with Gasteiger partial charge >= 0.3 is 5.97 Å². The molecule has 0 rings (SSSR count). The van der Waals surface area contributed by atoms with E-state index in [0.717, 1.165) is 0 Å². The molecule has 0 heterocycles. The first-order valence-corrected chi connectivity index (χ1v) is 3.95. The van der Waals surface area contributed by atoms with E-state index in [1.54, 1.807) is 18.2 Å². The fourth-order valence-corrected chi connectivity index (χ4v) is 0.627. The zero-order valence-electron chi connectivity index (χ0n) is 7.66. The summed E-state index contributed by atoms with van der Waals surface area (Å²) in [5, 5.41) is 0. The highest BCUT2D eigenvalue weighted by Crippen LogP contribution is 2.02. The maximum atomic E-state index is 11.1. The third-order valence-electron chi connectivity index (χ3n) is 1.26. The second-order valence-corrected chi connectivity index (χ2v) is 2.36. The fourth-order valence-electron chi connectivity index (χ4n) is 0.627. The number of carbonyl (C=O) groups excluding carboxylic acids is 1. The molecule has 2 heteroatoms. The molecule has 0 unspecified atom stereocenters. The van der Waals surface area contributed by atoms with Crippen LogP contribution in [0.25, 0.3) is 0 Å². The highest BCUT2D eigenvalue weighted by Gasteiger charge is 2.04. The zero-order chi connectivity index (χ0) is 10.1. The van der Waals surface area contributed by atoms with E-state index in [-0.39, 0.29) is 12.6 Å². The predicted molar refractivity (Wildman–Crippen MR) is 54.3 cm³/mol. The summed E-state index contributed by atoms with van der Waals surface area (Å²) in [6, 6.07) is 0. The highest BCUT2D eigenvalue weighted by atomic mass is 16.5. The number of carbonyl (C=O) groups is 1. The molecule has 2 nitrogen and oxygen atoms in total. The van der Waals surface area contributed by atoms with Crippen molar-refractivity contribution in [2.45, 2.75) is 6.42 Å². The topological polar surface area (TPSA) is 26.3 Å². The lowest BCUT2D eigenvalue weighted by Gasteiger charge is -2.01. The van der Waals surface area contributed by atoms with Crippen molar-refractivity contribution >= 4 is 5.97 Å². The average Bonchev–Trinajstić information content (AvgIpc) is 2.14. The Labute approximate surface area is 78.9 Å². The van der Waals surface area contributed by atoms with Crippen LogP contribution in [-0.4, -0.2) is 12.6 Å². The van der Waals surface area contributed by atoms with Crippen LogP contribution in [0.3, 0.4) is 0 Å². The first-order chi connectivity index (χ1) is 6.22. The first-order valence-electron chi connectivity index (χ1n) is 3.95. The molecule has 0 aliphatic heterocycles. The van der Waals surface area contributed by atoms with Gasteiger partial charge in [-0.15, -0.1) is 0 Å². The van der Waals surface area contributed by atoms with Crippen molar-refractivity contribution < 1.29 is 9.53 Å². The molecule has 0 aliphatic carbocycles. The molecule has 0 saturated carbocycles. The van der Waals surface area contributed by atoms with E-state index in [9.17, 15) is 4.79 Å². The van der Waals surface area contributed by atoms with Gasteiger partial charge in [-0.05, 0) is 6.42 Å². The van der Waals surface area contributed by atoms with Gasteiger partial charge in [0.15, 0.2) is 0 Å². The van der Waals surface area contributed by atoms with Crippen LogP contribution >= 0.6 is 0 Å². The second kappa shape index (κ2) is 7.10. The quantitative estimate of drug-likeness (QED) is 0.270. The monoisotopic (exact) mass is 178 g/mol. The van der Waals surface area contributed by atoms with Gasteiger partial charge in [-0.3, -0.25) is 0 Å². The van der Waals surface area contributed by atoms with E-state index in [1.807, 2.05) is 0 Å². The van der Waals surface area contributed by atoms with Crippen molar-refractivity contribution in [1.29, 1.82) is 0 Å². The first kappa shape index (κ1) is 11.4. The van der Waals surface area contributed by atoms with Gasteiger partial charge in [-0.1, -0.05) is 44.0 Å². The Morgan fingerprint density at radius 1 is 1.38 bits per heavy atom. The van der Waals surface area contributed by atoms with Crippen LogP contribution in [-0.2, 0) is 9.53 Å². The Morgan fingerprint density at radius 3 is 2.62 bits per heavy atom. The highest BCUT2D eigenvalue weighted by molar-refractivity contribution is 5.88. The molecule has 0 atom stereocenters. The summed E-state index contributed by atoms with van der Waals surface area (Å²) in [7, 11) is 0. The molecule has 0 amide bonds. The summed E-state index contributed by atoms with van der Waals surface area (Å²) in [5.74, 6) is -0.381. The normalized spacial score (nSPS) is 9.54. The van der Waals surface area contributed by atoms with Crippen LogP contribution in [0.1, 0.15) is 6.42 Å². The molecule has 0 bridgehead atoms. The van der Waals surface area contributed by atoms with Gasteiger partial charge in [0.2, 0.25) is 0 Å². The van der Waals surface area contributed by atoms with Crippen molar-refractivity contribution in [3.05, 3.63) is 49.6 Å². The number of allylic oxidation sites excluding steroid dienone is 3. The largest absolute Gasteiger partial charge is 0.458 e. The van der Waals surface area contributed by atoms with E-state index in [0.29, 0.717) is 12.0 Å². The lowest BCUT2D eigenvalue weighted by atomic mass is 10.2. The summed E-state index contributed by atoms with van der Waals surface area (Å²) in [6.45, 7) is 10.7. The Balaban J connectivity index is 3.82. The number of rotatable bonds is 6. The zero-order valence-corrected chi connectivity index (χ0v) is 7.66. The van der Waals surface area contributed by atoms with Crippen molar-refractivity contribution in [2.24, 2.45) is 0 Å². The van der Waals surface area contributed by atoms with Crippen molar-refractivity contribution in [3.63, 3.8) is 0 Å². The Bertz CT molecular complexity index is 236. The molecule has 0 aromatic heterocycles. The van der Waals surface area contributed by atoms with Gasteiger partial charge in [-0.25, -0.2) is 4.79 Å². The third-order valence-corrected chi connectivity index (χ3v) is 1.26. The SMILES string of the molecule is C=CC=CCC(=C)C(=O)OCC=C. The minimum atomic E-state index is -0.381. The third kappa shape index (κ3) is 5.67. The number of ether oxygens (including phenoxy) is 1. The molecule has 70 valence electrons. The lowest BCUT2D eigenvalue weighted by Crippen LogP contribution is -2.06. The van der Waals surface area contributed by atoms with Gasteiger partial charge in [0.1, 0.15) is 6.61 Å². The van der Waals surface area contributed by atoms with E-state index in [1.165, 1.54) is 6.08 Å². The van der Waals surface area contributed by atoms with Crippen molar-refractivity contribution in [2.75, 3.05) is 6.61 Å². The van der Waals surface area contributed by atoms with Gasteiger partial charge in [0.25, 0.3) is 0 Å². The summed E-state index contributed by atoms with van der Waals surface area (Å²) in [6.07, 6.45) is 7.20. The Morgan fingerprint density at radius 2 is 2.08 bits per heavy atom. The van der Waals surface area contributed by atoms with Gasteiger partial charge < -0.3 is 4.74 Å². The maximum Gasteiger partial charge on any atom is 0.334 e. The molecule has 0 aromatic carbocycles. The van der Waals surface area contributed by atoms with Crippen molar-refractivity contribution in [3.8, 4) is 0 Å². The number of hydrogen-bond donors (Lipinski definition) is 0. The molecule has 0 radical (unpaired) electrons. The molecule has 0 N–H and O–H groups in total. The van der Waals surface area contributed by atoms with E-state index in [2.05, 4.69) is 19.7 Å². The molecule has 13 heavy (non-hydrogen) atoms. The molecular formula is C11H14O2. The summed E-state index contributed by atoms with van der Waals surface area (Å²) in [5.41, 5.74) is 0.431. The Hall–Kier alpha value is -1.57. The van der Waals surface area contributed by atoms with Crippen LogP contribution in [0.15, 0.2) is 49.6 Å². The number of esters is 1. The summed E-state index contributed by atoms with van der Waals surface area (Å²) >= 11 is 0. The van der Waals surface area contributed by atoms with Gasteiger partial charge in [0, 0.05) is 5.57 Å². The van der Waals surface area contributed by atoms with E-state index >= 15 is 0 Å². The van der Waals surface area contributed by atoms with Gasteiger partial charge in [0.05, 0.1) is 0 Å². The van der Waals surface area contributed by atoms with E-state index < -0.39 is 0 Å². The molecule has 0 fully saturated rings. The van der Waals surface area contributed by atoms with E-state index in [4.69, 9.17) is 4.74 Å². The van der Waals surface area contributed by atoms with Crippen LogP contribution in [0, 0.1) is 0 Å². The lowest BCUT2D eigenvalue weighted by molar-refractivity contribution is -0.137. The molecule has 0 aliphatic rings. The fraction of sp³-hybridized carbons (Fsp3) is 0.182. The van der Waals surface area contributed by atoms with Crippen LogP contribution in [0.4, 0.5) is 0 Å². The van der Waals surface area contributed by atoms with Gasteiger partial charge in [-0.2, -0.15) is 0 Å². The maximum absolute atomic E-state index is 11.1. The minimum absolute atomic E-state index is 0.225. The smallest absolute Gasteiger partial charge is 0.334 e. The minimum Gasteiger partial charge on any atom is -0.458 e. The molecular weight excluding hydrogens is 164 g/mol. The summed E-state index contributed by atoms with van der Waals surface area (Å²) < 4.78 is 4.77. The van der Waals surface area contributed by atoms with Crippen LogP contribution < -0.4 is 0 Å². The Kier molecular flexibility index (Phi) is 6.24. The summed E-state index contributed by atoms with van der Waals surface area (Å²) in [4.78, 5) is 11.1. The molecule has 0 aromatic rings. The number of hydrogen-bond acceptors (Lipinski definition) is 2. The predicted octanol–water partition coefficient (Wildman–Crippen LogP) is 2.40. The average molecular weight is 178 g/mol. The molecule has 0 spiro atoms. The van der Waals surface area contributed by atoms with Crippen LogP contribution in [0.5, 0.6) is 0 Å². The molecule has 0 saturated heterocycles. The van der Waals surface area contributed by atoms with Crippen LogP contribution in [0.2, 0.25) is 0 Å². The second-order valence-electron chi connectivity index (χ2n) is 2.36.